The van der Waals surface area contributed by atoms with Gasteiger partial charge in [0.15, 0.2) is 5.78 Å². The minimum absolute atomic E-state index is 0.211. The Balaban J connectivity index is 1.84. The van der Waals surface area contributed by atoms with Crippen LogP contribution in [0.15, 0.2) is 42.7 Å². The molecule has 0 amide bonds. The number of imidazole rings is 1. The second kappa shape index (κ2) is 5.43. The summed E-state index contributed by atoms with van der Waals surface area (Å²) in [4.78, 5) is 16.0. The highest BCUT2D eigenvalue weighted by Crippen LogP contribution is 2.06. The predicted molar refractivity (Wildman–Crippen MR) is 67.0 cm³/mol. The molecule has 0 saturated heterocycles. The van der Waals surface area contributed by atoms with Gasteiger partial charge in [0.2, 0.25) is 0 Å². The molecule has 0 fully saturated rings. The maximum absolute atomic E-state index is 11.8. The molecule has 17 heavy (non-hydrogen) atoms. The molecule has 3 nitrogen and oxygen atoms in total. The van der Waals surface area contributed by atoms with Crippen molar-refractivity contribution in [3.8, 4) is 0 Å². The molecule has 0 spiro atoms. The summed E-state index contributed by atoms with van der Waals surface area (Å²) in [5.74, 6) is 1.21. The normalized spacial score (nSPS) is 10.4. The smallest absolute Gasteiger partial charge is 0.162 e. The summed E-state index contributed by atoms with van der Waals surface area (Å²) in [6, 6.07) is 9.45. The van der Waals surface area contributed by atoms with Crippen molar-refractivity contribution in [3.05, 3.63) is 54.1 Å². The van der Waals surface area contributed by atoms with E-state index in [0.717, 1.165) is 24.4 Å². The molecule has 0 radical (unpaired) electrons. The minimum atomic E-state index is 0.211. The standard InChI is InChI=1S/C14H16N2O/c1-12-15-9-11-16(12)10-5-8-14(17)13-6-3-2-4-7-13/h2-4,6-7,9,11H,5,8,10H2,1H3. The molecule has 88 valence electrons. The molecule has 0 saturated carbocycles. The Hall–Kier alpha value is -1.90. The van der Waals surface area contributed by atoms with E-state index in [-0.39, 0.29) is 5.78 Å². The number of hydrogen-bond donors (Lipinski definition) is 0. The largest absolute Gasteiger partial charge is 0.335 e. The lowest BCUT2D eigenvalue weighted by atomic mass is 10.1. The summed E-state index contributed by atoms with van der Waals surface area (Å²) in [5, 5.41) is 0. The summed E-state index contributed by atoms with van der Waals surface area (Å²) in [7, 11) is 0. The van der Waals surface area contributed by atoms with Crippen LogP contribution in [0.1, 0.15) is 29.0 Å². The zero-order valence-electron chi connectivity index (χ0n) is 9.97. The fourth-order valence-electron chi connectivity index (χ4n) is 1.82. The van der Waals surface area contributed by atoms with Gasteiger partial charge >= 0.3 is 0 Å². The average molecular weight is 228 g/mol. The molecule has 0 aliphatic heterocycles. The zero-order chi connectivity index (χ0) is 12.1. The molecule has 1 aromatic heterocycles. The Labute approximate surface area is 101 Å². The van der Waals surface area contributed by atoms with Gasteiger partial charge in [0, 0.05) is 30.9 Å². The first-order valence-corrected chi connectivity index (χ1v) is 5.83. The van der Waals surface area contributed by atoms with Gasteiger partial charge in [0.25, 0.3) is 0 Å². The minimum Gasteiger partial charge on any atom is -0.335 e. The van der Waals surface area contributed by atoms with Crippen molar-refractivity contribution in [1.82, 2.24) is 9.55 Å². The topological polar surface area (TPSA) is 34.9 Å². The van der Waals surface area contributed by atoms with Gasteiger partial charge in [0.05, 0.1) is 0 Å². The van der Waals surface area contributed by atoms with Crippen molar-refractivity contribution in [2.45, 2.75) is 26.3 Å². The third kappa shape index (κ3) is 3.03. The molecular formula is C14H16N2O. The second-order valence-corrected chi connectivity index (χ2v) is 4.06. The van der Waals surface area contributed by atoms with Gasteiger partial charge in [-0.3, -0.25) is 4.79 Å². The van der Waals surface area contributed by atoms with Crippen molar-refractivity contribution < 1.29 is 4.79 Å². The summed E-state index contributed by atoms with van der Waals surface area (Å²) in [6.45, 7) is 2.82. The third-order valence-electron chi connectivity index (χ3n) is 2.82. The van der Waals surface area contributed by atoms with E-state index >= 15 is 0 Å². The zero-order valence-corrected chi connectivity index (χ0v) is 9.97. The van der Waals surface area contributed by atoms with Gasteiger partial charge < -0.3 is 4.57 Å². The number of benzene rings is 1. The quantitative estimate of drug-likeness (QED) is 0.737. The van der Waals surface area contributed by atoms with E-state index in [1.54, 1.807) is 6.20 Å². The van der Waals surface area contributed by atoms with Crippen LogP contribution in [0.25, 0.3) is 0 Å². The van der Waals surface area contributed by atoms with Gasteiger partial charge in [-0.2, -0.15) is 0 Å². The molecule has 0 aliphatic carbocycles. The number of carbonyl (C=O) groups is 1. The number of aromatic nitrogens is 2. The summed E-state index contributed by atoms with van der Waals surface area (Å²) < 4.78 is 2.07. The molecule has 0 N–H and O–H groups in total. The first-order valence-electron chi connectivity index (χ1n) is 5.83. The van der Waals surface area contributed by atoms with Gasteiger partial charge in [0.1, 0.15) is 5.82 Å². The van der Waals surface area contributed by atoms with E-state index in [1.807, 2.05) is 43.5 Å². The number of rotatable bonds is 5. The van der Waals surface area contributed by atoms with E-state index < -0.39 is 0 Å². The highest BCUT2D eigenvalue weighted by Gasteiger charge is 2.05. The Morgan fingerprint density at radius 2 is 2.06 bits per heavy atom. The van der Waals surface area contributed by atoms with E-state index in [9.17, 15) is 4.79 Å². The van der Waals surface area contributed by atoms with Crippen LogP contribution in [0.4, 0.5) is 0 Å². The average Bonchev–Trinajstić information content (AvgIpc) is 2.76. The van der Waals surface area contributed by atoms with Crippen LogP contribution in [0.5, 0.6) is 0 Å². The highest BCUT2D eigenvalue weighted by molar-refractivity contribution is 5.95. The Bertz CT molecular complexity index is 488. The van der Waals surface area contributed by atoms with E-state index in [0.29, 0.717) is 6.42 Å². The van der Waals surface area contributed by atoms with E-state index in [2.05, 4.69) is 9.55 Å². The SMILES string of the molecule is Cc1nccn1CCCC(=O)c1ccccc1. The van der Waals surface area contributed by atoms with Crippen LogP contribution in [-0.2, 0) is 6.54 Å². The molecule has 0 atom stereocenters. The maximum Gasteiger partial charge on any atom is 0.162 e. The number of ketones is 1. The molecule has 2 aromatic rings. The van der Waals surface area contributed by atoms with Crippen LogP contribution in [-0.4, -0.2) is 15.3 Å². The Morgan fingerprint density at radius 3 is 2.71 bits per heavy atom. The van der Waals surface area contributed by atoms with Crippen molar-refractivity contribution in [2.24, 2.45) is 0 Å². The highest BCUT2D eigenvalue weighted by atomic mass is 16.1. The van der Waals surface area contributed by atoms with Crippen molar-refractivity contribution in [1.29, 1.82) is 0 Å². The van der Waals surface area contributed by atoms with Crippen LogP contribution in [0.3, 0.4) is 0 Å². The second-order valence-electron chi connectivity index (χ2n) is 4.06. The van der Waals surface area contributed by atoms with Crippen LogP contribution in [0, 0.1) is 6.92 Å². The summed E-state index contributed by atoms with van der Waals surface area (Å²) in [6.07, 6.45) is 5.17. The third-order valence-corrected chi connectivity index (χ3v) is 2.82. The van der Waals surface area contributed by atoms with Crippen molar-refractivity contribution in [3.63, 3.8) is 0 Å². The van der Waals surface area contributed by atoms with Gasteiger partial charge in [-0.1, -0.05) is 30.3 Å². The number of carbonyl (C=O) groups excluding carboxylic acids is 1. The lowest BCUT2D eigenvalue weighted by Crippen LogP contribution is -2.04. The molecule has 3 heteroatoms. The first-order chi connectivity index (χ1) is 8.27. The monoisotopic (exact) mass is 228 g/mol. The van der Waals surface area contributed by atoms with Gasteiger partial charge in [-0.05, 0) is 13.3 Å². The molecule has 0 unspecified atom stereocenters. The Morgan fingerprint density at radius 1 is 1.29 bits per heavy atom. The lowest BCUT2D eigenvalue weighted by molar-refractivity contribution is 0.0978. The molecule has 1 heterocycles. The number of aryl methyl sites for hydroxylation is 2. The lowest BCUT2D eigenvalue weighted by Gasteiger charge is -2.04. The van der Waals surface area contributed by atoms with Gasteiger partial charge in [-0.15, -0.1) is 0 Å². The van der Waals surface area contributed by atoms with E-state index in [4.69, 9.17) is 0 Å². The van der Waals surface area contributed by atoms with E-state index in [1.165, 1.54) is 0 Å². The molecule has 1 aromatic carbocycles. The number of Topliss-reactive ketones (excluding diaryl/α,β-unsaturated/α-hetero) is 1. The summed E-state index contributed by atoms with van der Waals surface area (Å²) >= 11 is 0. The van der Waals surface area contributed by atoms with Crippen LogP contribution in [0.2, 0.25) is 0 Å². The number of hydrogen-bond acceptors (Lipinski definition) is 2. The summed E-state index contributed by atoms with van der Waals surface area (Å²) in [5.41, 5.74) is 0.801. The first kappa shape index (κ1) is 11.6. The van der Waals surface area contributed by atoms with Crippen LogP contribution < -0.4 is 0 Å². The van der Waals surface area contributed by atoms with Crippen molar-refractivity contribution >= 4 is 5.78 Å². The fraction of sp³-hybridized carbons (Fsp3) is 0.286. The fourth-order valence-corrected chi connectivity index (χ4v) is 1.82. The maximum atomic E-state index is 11.8. The molecule has 2 rings (SSSR count). The van der Waals surface area contributed by atoms with Crippen molar-refractivity contribution in [2.75, 3.05) is 0 Å². The molecular weight excluding hydrogens is 212 g/mol. The molecule has 0 aliphatic rings. The number of nitrogens with zero attached hydrogens (tertiary/aromatic N) is 2. The van der Waals surface area contributed by atoms with Crippen LogP contribution >= 0.6 is 0 Å². The molecule has 0 bridgehead atoms. The Kier molecular flexibility index (Phi) is 3.70. The predicted octanol–water partition coefficient (Wildman–Crippen LogP) is 2.85. The van der Waals surface area contributed by atoms with Gasteiger partial charge in [-0.25, -0.2) is 4.98 Å².